The molecule has 1 aromatic carbocycles. The maximum Gasteiger partial charge on any atom is 0.253 e. The van der Waals surface area contributed by atoms with Crippen LogP contribution in [0.15, 0.2) is 53.1 Å². The first-order valence-corrected chi connectivity index (χ1v) is 9.26. The van der Waals surface area contributed by atoms with Crippen molar-refractivity contribution >= 4 is 5.91 Å². The van der Waals surface area contributed by atoms with Gasteiger partial charge in [0.25, 0.3) is 5.91 Å². The lowest BCUT2D eigenvalue weighted by Gasteiger charge is -2.25. The van der Waals surface area contributed by atoms with Crippen molar-refractivity contribution in [1.82, 2.24) is 14.8 Å². The number of benzene rings is 1. The summed E-state index contributed by atoms with van der Waals surface area (Å²) >= 11 is 0. The number of nitrogens with zero attached hydrogens (tertiary/aromatic N) is 2. The van der Waals surface area contributed by atoms with E-state index in [9.17, 15) is 9.18 Å². The van der Waals surface area contributed by atoms with Crippen LogP contribution in [0.3, 0.4) is 0 Å². The van der Waals surface area contributed by atoms with Gasteiger partial charge in [0, 0.05) is 17.9 Å². The Labute approximate surface area is 164 Å². The number of amides is 1. The summed E-state index contributed by atoms with van der Waals surface area (Å²) in [6, 6.07) is 12.0. The van der Waals surface area contributed by atoms with E-state index >= 15 is 0 Å². The predicted octanol–water partition coefficient (Wildman–Crippen LogP) is 3.92. The zero-order valence-electron chi connectivity index (χ0n) is 16.7. The van der Waals surface area contributed by atoms with Crippen molar-refractivity contribution in [3.8, 4) is 0 Å². The molecule has 0 fully saturated rings. The quantitative estimate of drug-likeness (QED) is 0.673. The summed E-state index contributed by atoms with van der Waals surface area (Å²) in [5, 5.41) is 3.00. The SMILES string of the molecule is Cc1cc(C(=O)NCC(c2cccc(F)c2)N(C)C)c(C)n1Cc1ccco1. The normalized spacial score (nSPS) is 12.4. The molecule has 1 amide bonds. The fraction of sp³-hybridized carbons (Fsp3) is 0.318. The molecule has 0 spiro atoms. The Morgan fingerprint density at radius 3 is 2.64 bits per heavy atom. The maximum atomic E-state index is 13.6. The number of carbonyl (C=O) groups is 1. The highest BCUT2D eigenvalue weighted by Gasteiger charge is 2.20. The van der Waals surface area contributed by atoms with Crippen LogP contribution in [0.5, 0.6) is 0 Å². The minimum Gasteiger partial charge on any atom is -0.467 e. The Morgan fingerprint density at radius 1 is 1.21 bits per heavy atom. The van der Waals surface area contributed by atoms with E-state index in [1.165, 1.54) is 12.1 Å². The molecule has 0 aliphatic heterocycles. The molecule has 0 radical (unpaired) electrons. The molecule has 1 unspecified atom stereocenters. The number of halogens is 1. The van der Waals surface area contributed by atoms with Crippen LogP contribution in [0.2, 0.25) is 0 Å². The van der Waals surface area contributed by atoms with Gasteiger partial charge in [-0.15, -0.1) is 0 Å². The number of hydrogen-bond acceptors (Lipinski definition) is 3. The van der Waals surface area contributed by atoms with Crippen LogP contribution in [0.1, 0.15) is 39.1 Å². The first-order valence-electron chi connectivity index (χ1n) is 9.26. The standard InChI is InChI=1S/C22H26FN3O2/c1-15-11-20(16(2)26(15)14-19-9-6-10-28-19)22(27)24-13-21(25(3)4)17-7-5-8-18(23)12-17/h5-12,21H,13-14H2,1-4H3,(H,24,27). The van der Waals surface area contributed by atoms with E-state index in [0.717, 1.165) is 22.7 Å². The molecule has 148 valence electrons. The van der Waals surface area contributed by atoms with E-state index in [2.05, 4.69) is 9.88 Å². The number of furan rings is 1. The minimum absolute atomic E-state index is 0.119. The summed E-state index contributed by atoms with van der Waals surface area (Å²) in [7, 11) is 3.83. The van der Waals surface area contributed by atoms with Crippen LogP contribution >= 0.6 is 0 Å². The molecule has 0 saturated carbocycles. The second-order valence-electron chi connectivity index (χ2n) is 7.19. The summed E-state index contributed by atoms with van der Waals surface area (Å²) in [5.41, 5.74) is 3.35. The predicted molar refractivity (Wildman–Crippen MR) is 107 cm³/mol. The number of nitrogens with one attached hydrogen (secondary N) is 1. The molecular formula is C22H26FN3O2. The first-order chi connectivity index (χ1) is 13.4. The summed E-state index contributed by atoms with van der Waals surface area (Å²) in [4.78, 5) is 14.8. The third-order valence-corrected chi connectivity index (χ3v) is 5.03. The average molecular weight is 383 g/mol. The van der Waals surface area contributed by atoms with E-state index in [4.69, 9.17) is 4.42 Å². The lowest BCUT2D eigenvalue weighted by Crippen LogP contribution is -2.34. The smallest absolute Gasteiger partial charge is 0.253 e. The molecule has 1 N–H and O–H groups in total. The van der Waals surface area contributed by atoms with Crippen molar-refractivity contribution < 1.29 is 13.6 Å². The topological polar surface area (TPSA) is 50.4 Å². The van der Waals surface area contributed by atoms with Gasteiger partial charge in [0.05, 0.1) is 24.4 Å². The molecule has 0 bridgehead atoms. The lowest BCUT2D eigenvalue weighted by atomic mass is 10.1. The lowest BCUT2D eigenvalue weighted by molar-refractivity contribution is 0.0941. The molecule has 3 aromatic rings. The number of rotatable bonds is 7. The average Bonchev–Trinajstić information content (AvgIpc) is 3.25. The van der Waals surface area contributed by atoms with Crippen molar-refractivity contribution in [3.05, 3.63) is 82.8 Å². The number of hydrogen-bond donors (Lipinski definition) is 1. The fourth-order valence-corrected chi connectivity index (χ4v) is 3.43. The molecule has 3 rings (SSSR count). The van der Waals surface area contributed by atoms with E-state index in [0.29, 0.717) is 18.7 Å². The van der Waals surface area contributed by atoms with Gasteiger partial charge in [0.1, 0.15) is 11.6 Å². The minimum atomic E-state index is -0.280. The molecule has 2 heterocycles. The molecule has 0 saturated heterocycles. The van der Waals surface area contributed by atoms with E-state index in [-0.39, 0.29) is 17.8 Å². The van der Waals surface area contributed by atoms with Crippen LogP contribution in [0.25, 0.3) is 0 Å². The van der Waals surface area contributed by atoms with Crippen LogP contribution in [-0.2, 0) is 6.54 Å². The summed E-state index contributed by atoms with van der Waals surface area (Å²) < 4.78 is 21.1. The van der Waals surface area contributed by atoms with E-state index in [1.54, 1.807) is 12.3 Å². The van der Waals surface area contributed by atoms with Crippen LogP contribution in [-0.4, -0.2) is 36.0 Å². The number of likely N-dealkylation sites (N-methyl/N-ethyl adjacent to an activating group) is 1. The van der Waals surface area contributed by atoms with E-state index in [1.807, 2.05) is 57.1 Å². The Balaban J connectivity index is 1.73. The molecule has 2 aromatic heterocycles. The summed E-state index contributed by atoms with van der Waals surface area (Å²) in [5.74, 6) is 0.423. The van der Waals surface area contributed by atoms with Crippen molar-refractivity contribution in [1.29, 1.82) is 0 Å². The van der Waals surface area contributed by atoms with Crippen molar-refractivity contribution in [2.24, 2.45) is 0 Å². The molecule has 5 nitrogen and oxygen atoms in total. The Bertz CT molecular complexity index is 945. The number of carbonyl (C=O) groups excluding carboxylic acids is 1. The van der Waals surface area contributed by atoms with Gasteiger partial charge in [-0.2, -0.15) is 0 Å². The van der Waals surface area contributed by atoms with Gasteiger partial charge in [0.15, 0.2) is 0 Å². The molecular weight excluding hydrogens is 357 g/mol. The molecule has 28 heavy (non-hydrogen) atoms. The summed E-state index contributed by atoms with van der Waals surface area (Å²) in [6.45, 7) is 4.88. The molecule has 6 heteroatoms. The number of aromatic nitrogens is 1. The van der Waals surface area contributed by atoms with Gasteiger partial charge in [-0.3, -0.25) is 4.79 Å². The number of aryl methyl sites for hydroxylation is 1. The maximum absolute atomic E-state index is 13.6. The Kier molecular flexibility index (Phi) is 5.99. The van der Waals surface area contributed by atoms with Gasteiger partial charge < -0.3 is 19.2 Å². The monoisotopic (exact) mass is 383 g/mol. The van der Waals surface area contributed by atoms with Gasteiger partial charge in [-0.25, -0.2) is 4.39 Å². The zero-order valence-corrected chi connectivity index (χ0v) is 16.7. The van der Waals surface area contributed by atoms with Crippen LogP contribution < -0.4 is 5.32 Å². The highest BCUT2D eigenvalue weighted by Crippen LogP contribution is 2.20. The fourth-order valence-electron chi connectivity index (χ4n) is 3.43. The molecule has 0 aliphatic carbocycles. The molecule has 0 aliphatic rings. The van der Waals surface area contributed by atoms with Crippen molar-refractivity contribution in [2.75, 3.05) is 20.6 Å². The van der Waals surface area contributed by atoms with Gasteiger partial charge >= 0.3 is 0 Å². The van der Waals surface area contributed by atoms with Crippen molar-refractivity contribution in [2.45, 2.75) is 26.4 Å². The second kappa shape index (κ2) is 8.44. The largest absolute Gasteiger partial charge is 0.467 e. The second-order valence-corrected chi connectivity index (χ2v) is 7.19. The first kappa shape index (κ1) is 19.9. The van der Waals surface area contributed by atoms with Crippen LogP contribution in [0.4, 0.5) is 4.39 Å². The van der Waals surface area contributed by atoms with Crippen LogP contribution in [0, 0.1) is 19.7 Å². The molecule has 1 atom stereocenters. The highest BCUT2D eigenvalue weighted by atomic mass is 19.1. The Hall–Kier alpha value is -2.86. The highest BCUT2D eigenvalue weighted by molar-refractivity contribution is 5.95. The summed E-state index contributed by atoms with van der Waals surface area (Å²) in [6.07, 6.45) is 1.64. The van der Waals surface area contributed by atoms with Gasteiger partial charge in [-0.1, -0.05) is 12.1 Å². The van der Waals surface area contributed by atoms with Gasteiger partial charge in [-0.05, 0) is 63.8 Å². The Morgan fingerprint density at radius 2 is 2.00 bits per heavy atom. The van der Waals surface area contributed by atoms with Crippen molar-refractivity contribution in [3.63, 3.8) is 0 Å². The third-order valence-electron chi connectivity index (χ3n) is 5.03. The zero-order chi connectivity index (χ0) is 20.3. The third kappa shape index (κ3) is 4.34. The van der Waals surface area contributed by atoms with Gasteiger partial charge in [0.2, 0.25) is 0 Å². The van der Waals surface area contributed by atoms with E-state index < -0.39 is 0 Å².